The van der Waals surface area contributed by atoms with Crippen molar-refractivity contribution >= 4 is 40.8 Å². The van der Waals surface area contributed by atoms with Crippen LogP contribution >= 0.6 is 11.8 Å². The molecule has 2 N–H and O–H groups in total. The lowest BCUT2D eigenvalue weighted by Gasteiger charge is -2.29. The highest BCUT2D eigenvalue weighted by atomic mass is 32.2. The number of para-hydroxylation sites is 1. The lowest BCUT2D eigenvalue weighted by Crippen LogP contribution is -2.42. The summed E-state index contributed by atoms with van der Waals surface area (Å²) in [4.78, 5) is 28.2. The highest BCUT2D eigenvalue weighted by Gasteiger charge is 2.32. The van der Waals surface area contributed by atoms with Gasteiger partial charge in [-0.25, -0.2) is 14.8 Å². The van der Waals surface area contributed by atoms with Crippen LogP contribution in [-0.2, 0) is 4.79 Å². The van der Waals surface area contributed by atoms with E-state index >= 15 is 0 Å². The average Bonchev–Trinajstić information content (AvgIpc) is 3.08. The number of carbonyl (C=O) groups excluding carboxylic acids is 2. The molecular formula is C17H21N5O2S. The van der Waals surface area contributed by atoms with E-state index in [0.29, 0.717) is 17.6 Å². The summed E-state index contributed by atoms with van der Waals surface area (Å²) >= 11 is 1.28. The first-order valence-electron chi connectivity index (χ1n) is 8.24. The van der Waals surface area contributed by atoms with Gasteiger partial charge in [-0.2, -0.15) is 5.10 Å². The van der Waals surface area contributed by atoms with Crippen molar-refractivity contribution in [1.82, 2.24) is 15.6 Å². The van der Waals surface area contributed by atoms with Gasteiger partial charge in [-0.15, -0.1) is 0 Å². The third kappa shape index (κ3) is 4.19. The Bertz CT molecular complexity index is 732. The quantitative estimate of drug-likeness (QED) is 0.865. The summed E-state index contributed by atoms with van der Waals surface area (Å²) in [5.41, 5.74) is 2.05. The number of thioether (sulfide) groups is 1. The standard InChI is InChI=1S/C17H21N5O2S/c1-11(2)9-18-16(24)21-15(23)10-25-17-20-13-6-4-3-5-12(13)14-7-8-19-22(14)17/h3-6,8,11,14H,7,9-10H2,1-2H3,(H2,18,21,23,24). The Morgan fingerprint density at radius 3 is 2.96 bits per heavy atom. The van der Waals surface area contributed by atoms with Gasteiger partial charge in [0, 0.05) is 24.7 Å². The Kier molecular flexibility index (Phi) is 5.37. The van der Waals surface area contributed by atoms with E-state index in [2.05, 4.69) is 26.8 Å². The zero-order valence-corrected chi connectivity index (χ0v) is 15.0. The molecule has 1 aromatic carbocycles. The van der Waals surface area contributed by atoms with E-state index in [4.69, 9.17) is 0 Å². The third-order valence-electron chi connectivity index (χ3n) is 3.79. The Hall–Kier alpha value is -2.35. The number of imide groups is 1. The molecule has 25 heavy (non-hydrogen) atoms. The first-order valence-corrected chi connectivity index (χ1v) is 9.23. The third-order valence-corrected chi connectivity index (χ3v) is 4.74. The summed E-state index contributed by atoms with van der Waals surface area (Å²) in [5, 5.41) is 11.9. The molecule has 0 radical (unpaired) electrons. The van der Waals surface area contributed by atoms with Crippen molar-refractivity contribution < 1.29 is 9.59 Å². The fraction of sp³-hybridized carbons (Fsp3) is 0.412. The number of urea groups is 1. The molecule has 3 rings (SSSR count). The monoisotopic (exact) mass is 359 g/mol. The Labute approximate surface area is 151 Å². The molecule has 2 aliphatic rings. The number of nitrogens with zero attached hydrogens (tertiary/aromatic N) is 3. The molecule has 1 unspecified atom stereocenters. The molecule has 132 valence electrons. The minimum Gasteiger partial charge on any atom is -0.338 e. The SMILES string of the molecule is CC(C)CNC(=O)NC(=O)CSC1=Nc2ccccc2C2CC=NN12. The van der Waals surface area contributed by atoms with Crippen LogP contribution < -0.4 is 10.6 Å². The Balaban J connectivity index is 1.59. The van der Waals surface area contributed by atoms with Gasteiger partial charge in [0.15, 0.2) is 5.17 Å². The number of rotatable bonds is 4. The van der Waals surface area contributed by atoms with Crippen molar-refractivity contribution in [2.24, 2.45) is 16.0 Å². The number of benzene rings is 1. The van der Waals surface area contributed by atoms with Gasteiger partial charge in [0.05, 0.1) is 17.5 Å². The summed E-state index contributed by atoms with van der Waals surface area (Å²) < 4.78 is 0. The van der Waals surface area contributed by atoms with Crippen molar-refractivity contribution in [3.8, 4) is 0 Å². The van der Waals surface area contributed by atoms with E-state index in [-0.39, 0.29) is 17.7 Å². The highest BCUT2D eigenvalue weighted by Crippen LogP contribution is 2.40. The smallest absolute Gasteiger partial charge is 0.321 e. The molecule has 2 heterocycles. The molecular weight excluding hydrogens is 338 g/mol. The second kappa shape index (κ2) is 7.69. The van der Waals surface area contributed by atoms with E-state index in [1.54, 1.807) is 0 Å². The number of amides is 3. The summed E-state index contributed by atoms with van der Waals surface area (Å²) in [6.07, 6.45) is 2.68. The highest BCUT2D eigenvalue weighted by molar-refractivity contribution is 8.14. The zero-order valence-electron chi connectivity index (χ0n) is 14.2. The van der Waals surface area contributed by atoms with Crippen molar-refractivity contribution in [3.63, 3.8) is 0 Å². The van der Waals surface area contributed by atoms with Gasteiger partial charge in [0.1, 0.15) is 0 Å². The number of hydrogen-bond donors (Lipinski definition) is 2. The van der Waals surface area contributed by atoms with Crippen LogP contribution in [-0.4, -0.2) is 40.6 Å². The van der Waals surface area contributed by atoms with Crippen LogP contribution in [0.5, 0.6) is 0 Å². The van der Waals surface area contributed by atoms with Crippen LogP contribution in [0, 0.1) is 5.92 Å². The number of nitrogens with one attached hydrogen (secondary N) is 2. The predicted molar refractivity (Wildman–Crippen MR) is 100 cm³/mol. The minimum atomic E-state index is -0.465. The second-order valence-electron chi connectivity index (χ2n) is 6.29. The summed E-state index contributed by atoms with van der Waals surface area (Å²) in [7, 11) is 0. The average molecular weight is 359 g/mol. The van der Waals surface area contributed by atoms with E-state index in [1.807, 2.05) is 43.3 Å². The van der Waals surface area contributed by atoms with Gasteiger partial charge in [-0.05, 0) is 12.0 Å². The largest absolute Gasteiger partial charge is 0.338 e. The normalized spacial score (nSPS) is 17.8. The van der Waals surface area contributed by atoms with Gasteiger partial charge in [-0.1, -0.05) is 43.8 Å². The van der Waals surface area contributed by atoms with Crippen LogP contribution in [0.2, 0.25) is 0 Å². The number of carbonyl (C=O) groups is 2. The molecule has 0 fully saturated rings. The van der Waals surface area contributed by atoms with Crippen molar-refractivity contribution in [1.29, 1.82) is 0 Å². The first kappa shape index (κ1) is 17.5. The number of aliphatic imine (C=N–C) groups is 1. The fourth-order valence-corrected chi connectivity index (χ4v) is 3.42. The first-order chi connectivity index (χ1) is 12.0. The van der Waals surface area contributed by atoms with E-state index < -0.39 is 6.03 Å². The summed E-state index contributed by atoms with van der Waals surface area (Å²) in [6.45, 7) is 4.51. The van der Waals surface area contributed by atoms with Crippen molar-refractivity contribution in [3.05, 3.63) is 29.8 Å². The molecule has 7 nitrogen and oxygen atoms in total. The molecule has 3 amide bonds. The number of hydrogen-bond acceptors (Lipinski definition) is 6. The molecule has 0 spiro atoms. The van der Waals surface area contributed by atoms with Crippen LogP contribution in [0.1, 0.15) is 31.9 Å². The van der Waals surface area contributed by atoms with Crippen LogP contribution in [0.4, 0.5) is 10.5 Å². The Morgan fingerprint density at radius 1 is 1.36 bits per heavy atom. The summed E-state index contributed by atoms with van der Waals surface area (Å²) in [6, 6.07) is 7.62. The predicted octanol–water partition coefficient (Wildman–Crippen LogP) is 2.64. The second-order valence-corrected chi connectivity index (χ2v) is 7.23. The lowest BCUT2D eigenvalue weighted by molar-refractivity contribution is -0.117. The molecule has 1 aromatic rings. The molecule has 0 aliphatic carbocycles. The molecule has 0 bridgehead atoms. The van der Waals surface area contributed by atoms with Crippen LogP contribution in [0.15, 0.2) is 34.4 Å². The van der Waals surface area contributed by atoms with Crippen molar-refractivity contribution in [2.45, 2.75) is 26.3 Å². The number of amidine groups is 1. The Morgan fingerprint density at radius 2 is 2.16 bits per heavy atom. The number of hydrazone groups is 1. The molecule has 8 heteroatoms. The maximum Gasteiger partial charge on any atom is 0.321 e. The van der Waals surface area contributed by atoms with Gasteiger partial charge in [-0.3, -0.25) is 10.1 Å². The molecule has 1 atom stereocenters. The maximum atomic E-state index is 12.0. The minimum absolute atomic E-state index is 0.106. The van der Waals surface area contributed by atoms with E-state index in [9.17, 15) is 9.59 Å². The van der Waals surface area contributed by atoms with Gasteiger partial charge in [0.2, 0.25) is 5.91 Å². The lowest BCUT2D eigenvalue weighted by atomic mass is 10.0. The number of fused-ring (bicyclic) bond motifs is 3. The van der Waals surface area contributed by atoms with Crippen LogP contribution in [0.3, 0.4) is 0 Å². The fourth-order valence-electron chi connectivity index (χ4n) is 2.61. The van der Waals surface area contributed by atoms with Gasteiger partial charge < -0.3 is 5.32 Å². The molecule has 0 saturated carbocycles. The topological polar surface area (TPSA) is 86.2 Å². The van der Waals surface area contributed by atoms with Crippen molar-refractivity contribution in [2.75, 3.05) is 12.3 Å². The molecule has 0 saturated heterocycles. The van der Waals surface area contributed by atoms with E-state index in [0.717, 1.165) is 17.7 Å². The molecule has 2 aliphatic heterocycles. The molecule has 0 aromatic heterocycles. The van der Waals surface area contributed by atoms with Gasteiger partial charge >= 0.3 is 6.03 Å². The van der Waals surface area contributed by atoms with Crippen LogP contribution in [0.25, 0.3) is 0 Å². The van der Waals surface area contributed by atoms with E-state index in [1.165, 1.54) is 11.8 Å². The summed E-state index contributed by atoms with van der Waals surface area (Å²) in [5.74, 6) is 0.0823. The van der Waals surface area contributed by atoms with Gasteiger partial charge in [0.25, 0.3) is 0 Å². The maximum absolute atomic E-state index is 12.0. The zero-order chi connectivity index (χ0) is 17.8.